The molecule has 0 aliphatic carbocycles. The lowest BCUT2D eigenvalue weighted by atomic mass is 10.1. The minimum atomic E-state index is -0.591. The van der Waals surface area contributed by atoms with Crippen molar-refractivity contribution >= 4 is 0 Å². The van der Waals surface area contributed by atoms with Gasteiger partial charge >= 0.3 is 0 Å². The zero-order valence-corrected chi connectivity index (χ0v) is 9.59. The molecule has 0 aliphatic rings. The highest BCUT2D eigenvalue weighted by molar-refractivity contribution is 4.70. The molecule has 0 bridgehead atoms. The van der Waals surface area contributed by atoms with Gasteiger partial charge in [-0.15, -0.1) is 0 Å². The molecule has 0 aromatic heterocycles. The van der Waals surface area contributed by atoms with E-state index < -0.39 is 5.60 Å². The van der Waals surface area contributed by atoms with Crippen LogP contribution in [0.15, 0.2) is 0 Å². The van der Waals surface area contributed by atoms with E-state index in [1.807, 2.05) is 20.9 Å². The number of rotatable bonds is 6. The van der Waals surface area contributed by atoms with E-state index in [2.05, 4.69) is 24.1 Å². The number of aliphatic hydroxyl groups is 1. The third-order valence-corrected chi connectivity index (χ3v) is 1.70. The van der Waals surface area contributed by atoms with Crippen LogP contribution in [-0.2, 0) is 0 Å². The standard InChI is InChI=1S/C10H24N2O/c1-9(2)11-6-7-12(5)8-10(3,4)13/h9,11,13H,6-8H2,1-5H3. The van der Waals surface area contributed by atoms with Crippen LogP contribution >= 0.6 is 0 Å². The predicted molar refractivity (Wildman–Crippen MR) is 56.9 cm³/mol. The SMILES string of the molecule is CC(C)NCCN(C)CC(C)(C)O. The summed E-state index contributed by atoms with van der Waals surface area (Å²) in [6.45, 7) is 10.6. The van der Waals surface area contributed by atoms with Gasteiger partial charge in [0.1, 0.15) is 0 Å². The van der Waals surface area contributed by atoms with Crippen LogP contribution in [0, 0.1) is 0 Å². The molecule has 0 unspecified atom stereocenters. The van der Waals surface area contributed by atoms with Crippen LogP contribution in [0.3, 0.4) is 0 Å². The maximum absolute atomic E-state index is 9.53. The average molecular weight is 188 g/mol. The molecule has 0 heterocycles. The van der Waals surface area contributed by atoms with Crippen LogP contribution in [0.25, 0.3) is 0 Å². The molecular formula is C10H24N2O. The summed E-state index contributed by atoms with van der Waals surface area (Å²) in [5, 5.41) is 12.9. The normalized spacial score (nSPS) is 12.9. The topological polar surface area (TPSA) is 35.5 Å². The molecule has 0 fully saturated rings. The van der Waals surface area contributed by atoms with E-state index in [0.717, 1.165) is 13.1 Å². The van der Waals surface area contributed by atoms with Crippen molar-refractivity contribution in [1.29, 1.82) is 0 Å². The van der Waals surface area contributed by atoms with Crippen molar-refractivity contribution in [2.45, 2.75) is 39.3 Å². The number of nitrogens with one attached hydrogen (secondary N) is 1. The minimum Gasteiger partial charge on any atom is -0.389 e. The summed E-state index contributed by atoms with van der Waals surface area (Å²) in [4.78, 5) is 2.13. The fraction of sp³-hybridized carbons (Fsp3) is 1.00. The molecule has 3 nitrogen and oxygen atoms in total. The molecule has 3 heteroatoms. The van der Waals surface area contributed by atoms with Gasteiger partial charge in [0.15, 0.2) is 0 Å². The molecule has 0 aromatic rings. The largest absolute Gasteiger partial charge is 0.389 e. The number of hydrogen-bond donors (Lipinski definition) is 2. The predicted octanol–water partition coefficient (Wildman–Crippen LogP) is 0.687. The van der Waals surface area contributed by atoms with E-state index in [9.17, 15) is 5.11 Å². The Kier molecular flexibility index (Phi) is 5.53. The zero-order valence-electron chi connectivity index (χ0n) is 9.59. The molecule has 0 amide bonds. The van der Waals surface area contributed by atoms with Crippen molar-refractivity contribution in [1.82, 2.24) is 10.2 Å². The van der Waals surface area contributed by atoms with E-state index in [1.165, 1.54) is 0 Å². The second-order valence-corrected chi connectivity index (χ2v) is 4.66. The molecule has 2 N–H and O–H groups in total. The molecule has 13 heavy (non-hydrogen) atoms. The average Bonchev–Trinajstić information content (AvgIpc) is 1.81. The Bertz CT molecular complexity index is 129. The lowest BCUT2D eigenvalue weighted by molar-refractivity contribution is 0.0449. The molecule has 0 saturated carbocycles. The number of hydrogen-bond acceptors (Lipinski definition) is 3. The van der Waals surface area contributed by atoms with Gasteiger partial charge in [-0.25, -0.2) is 0 Å². The first kappa shape index (κ1) is 12.9. The van der Waals surface area contributed by atoms with E-state index in [0.29, 0.717) is 12.6 Å². The Hall–Kier alpha value is -0.120. The molecule has 0 spiro atoms. The first-order valence-corrected chi connectivity index (χ1v) is 4.95. The summed E-state index contributed by atoms with van der Waals surface area (Å²) in [7, 11) is 2.03. The molecule has 0 aliphatic heterocycles. The minimum absolute atomic E-state index is 0.538. The van der Waals surface area contributed by atoms with Gasteiger partial charge in [-0.2, -0.15) is 0 Å². The Labute approximate surface area is 82.1 Å². The second-order valence-electron chi connectivity index (χ2n) is 4.66. The monoisotopic (exact) mass is 188 g/mol. The van der Waals surface area contributed by atoms with E-state index in [-0.39, 0.29) is 0 Å². The van der Waals surface area contributed by atoms with Crippen LogP contribution in [0.1, 0.15) is 27.7 Å². The fourth-order valence-corrected chi connectivity index (χ4v) is 1.28. The van der Waals surface area contributed by atoms with Gasteiger partial charge < -0.3 is 15.3 Å². The number of nitrogens with zero attached hydrogens (tertiary/aromatic N) is 1. The van der Waals surface area contributed by atoms with Crippen molar-refractivity contribution < 1.29 is 5.11 Å². The lowest BCUT2D eigenvalue weighted by Crippen LogP contribution is -2.40. The Balaban J connectivity index is 3.46. The summed E-state index contributed by atoms with van der Waals surface area (Å²) < 4.78 is 0. The highest BCUT2D eigenvalue weighted by atomic mass is 16.3. The highest BCUT2D eigenvalue weighted by Gasteiger charge is 2.14. The third kappa shape index (κ3) is 9.80. The van der Waals surface area contributed by atoms with Gasteiger partial charge in [-0.1, -0.05) is 13.8 Å². The number of likely N-dealkylation sites (N-methyl/N-ethyl adjacent to an activating group) is 1. The molecule has 0 saturated heterocycles. The van der Waals surface area contributed by atoms with Crippen molar-refractivity contribution in [3.8, 4) is 0 Å². The van der Waals surface area contributed by atoms with Gasteiger partial charge in [0.2, 0.25) is 0 Å². The van der Waals surface area contributed by atoms with Crippen LogP contribution in [0.4, 0.5) is 0 Å². The maximum atomic E-state index is 9.53. The van der Waals surface area contributed by atoms with Crippen LogP contribution < -0.4 is 5.32 Å². The Morgan fingerprint density at radius 1 is 1.38 bits per heavy atom. The summed E-state index contributed by atoms with van der Waals surface area (Å²) >= 11 is 0. The molecule has 0 rings (SSSR count). The first-order valence-electron chi connectivity index (χ1n) is 4.95. The summed E-state index contributed by atoms with van der Waals surface area (Å²) in [5.41, 5.74) is -0.591. The van der Waals surface area contributed by atoms with Gasteiger partial charge in [0.25, 0.3) is 0 Å². The zero-order chi connectivity index (χ0) is 10.5. The molecule has 80 valence electrons. The third-order valence-electron chi connectivity index (χ3n) is 1.70. The molecule has 0 radical (unpaired) electrons. The van der Waals surface area contributed by atoms with Crippen molar-refractivity contribution in [2.75, 3.05) is 26.7 Å². The van der Waals surface area contributed by atoms with Gasteiger partial charge in [-0.3, -0.25) is 0 Å². The maximum Gasteiger partial charge on any atom is 0.0718 e. The van der Waals surface area contributed by atoms with Gasteiger partial charge in [0, 0.05) is 25.7 Å². The van der Waals surface area contributed by atoms with Crippen LogP contribution in [0.2, 0.25) is 0 Å². The molecular weight excluding hydrogens is 164 g/mol. The summed E-state index contributed by atoms with van der Waals surface area (Å²) in [6.07, 6.45) is 0. The highest BCUT2D eigenvalue weighted by Crippen LogP contribution is 2.01. The fourth-order valence-electron chi connectivity index (χ4n) is 1.28. The lowest BCUT2D eigenvalue weighted by Gasteiger charge is -2.25. The van der Waals surface area contributed by atoms with Crippen molar-refractivity contribution in [3.63, 3.8) is 0 Å². The van der Waals surface area contributed by atoms with E-state index in [1.54, 1.807) is 0 Å². The van der Waals surface area contributed by atoms with E-state index >= 15 is 0 Å². The van der Waals surface area contributed by atoms with Crippen molar-refractivity contribution in [3.05, 3.63) is 0 Å². The van der Waals surface area contributed by atoms with Crippen LogP contribution in [0.5, 0.6) is 0 Å². The molecule has 0 atom stereocenters. The smallest absolute Gasteiger partial charge is 0.0718 e. The second kappa shape index (κ2) is 5.58. The Morgan fingerprint density at radius 3 is 2.31 bits per heavy atom. The Morgan fingerprint density at radius 2 is 1.92 bits per heavy atom. The van der Waals surface area contributed by atoms with Crippen molar-refractivity contribution in [2.24, 2.45) is 0 Å². The first-order chi connectivity index (χ1) is 5.81. The van der Waals surface area contributed by atoms with Crippen LogP contribution in [-0.4, -0.2) is 48.3 Å². The van der Waals surface area contributed by atoms with Gasteiger partial charge in [0.05, 0.1) is 5.60 Å². The van der Waals surface area contributed by atoms with E-state index in [4.69, 9.17) is 0 Å². The summed E-state index contributed by atoms with van der Waals surface area (Å²) in [6, 6.07) is 0.538. The molecule has 0 aromatic carbocycles. The quantitative estimate of drug-likeness (QED) is 0.643. The van der Waals surface area contributed by atoms with Gasteiger partial charge in [-0.05, 0) is 20.9 Å². The summed E-state index contributed by atoms with van der Waals surface area (Å²) in [5.74, 6) is 0.